The first-order chi connectivity index (χ1) is 9.60. The fourth-order valence-corrected chi connectivity index (χ4v) is 1.93. The molecule has 0 saturated carbocycles. The number of ether oxygens (including phenoxy) is 1. The Bertz CT molecular complexity index is 458. The lowest BCUT2D eigenvalue weighted by atomic mass is 10.1. The molecule has 1 rings (SSSR count). The monoisotopic (exact) mass is 275 g/mol. The first kappa shape index (κ1) is 16.4. The average Bonchev–Trinajstić information content (AvgIpc) is 2.45. The van der Waals surface area contributed by atoms with Crippen molar-refractivity contribution in [3.05, 3.63) is 47.0 Å². The molecule has 1 amide bonds. The summed E-state index contributed by atoms with van der Waals surface area (Å²) in [6.45, 7) is 10.6. The van der Waals surface area contributed by atoms with Crippen molar-refractivity contribution in [3.63, 3.8) is 0 Å². The van der Waals surface area contributed by atoms with E-state index in [4.69, 9.17) is 4.74 Å². The molecular weight excluding hydrogens is 250 g/mol. The maximum atomic E-state index is 12.4. The van der Waals surface area contributed by atoms with Crippen molar-refractivity contribution >= 4 is 5.91 Å². The molecule has 110 valence electrons. The molecule has 0 aliphatic heterocycles. The normalized spacial score (nSPS) is 10.2. The summed E-state index contributed by atoms with van der Waals surface area (Å²) in [5.74, 6) is 0.0800. The van der Waals surface area contributed by atoms with Crippen molar-refractivity contribution < 1.29 is 9.53 Å². The van der Waals surface area contributed by atoms with Crippen molar-refractivity contribution in [2.24, 2.45) is 0 Å². The van der Waals surface area contributed by atoms with E-state index in [-0.39, 0.29) is 5.91 Å². The van der Waals surface area contributed by atoms with Crippen molar-refractivity contribution in [1.82, 2.24) is 4.90 Å². The molecule has 3 nitrogen and oxygen atoms in total. The van der Waals surface area contributed by atoms with E-state index in [0.717, 1.165) is 24.2 Å². The smallest absolute Gasteiger partial charge is 0.254 e. The van der Waals surface area contributed by atoms with E-state index >= 15 is 0 Å². The van der Waals surface area contributed by atoms with Crippen LogP contribution in [0, 0.1) is 0 Å². The van der Waals surface area contributed by atoms with Crippen LogP contribution in [0.4, 0.5) is 0 Å². The molecule has 3 heteroatoms. The van der Waals surface area contributed by atoms with Crippen molar-refractivity contribution in [2.75, 3.05) is 19.7 Å². The van der Waals surface area contributed by atoms with E-state index in [1.54, 1.807) is 0 Å². The van der Waals surface area contributed by atoms with Crippen LogP contribution in [0.3, 0.4) is 0 Å². The highest BCUT2D eigenvalue weighted by Gasteiger charge is 2.15. The number of rotatable bonds is 7. The van der Waals surface area contributed by atoms with Gasteiger partial charge in [0.05, 0.1) is 13.2 Å². The van der Waals surface area contributed by atoms with Gasteiger partial charge in [-0.25, -0.2) is 0 Å². The van der Waals surface area contributed by atoms with Gasteiger partial charge in [-0.15, -0.1) is 0 Å². The second-order valence-electron chi connectivity index (χ2n) is 4.93. The van der Waals surface area contributed by atoms with Gasteiger partial charge in [-0.3, -0.25) is 4.79 Å². The minimum atomic E-state index is 0.0800. The maximum absolute atomic E-state index is 12.4. The number of nitrogens with zero attached hydrogens (tertiary/aromatic N) is 1. The largest absolute Gasteiger partial charge is 0.373 e. The standard InChI is InChI=1S/C17H25NO2/c1-5-18(6-2)17(19)16-10-8-7-9-15(16)13-20-12-11-14(3)4/h7-11H,5-6,12-13H2,1-4H3. The fraction of sp³-hybridized carbons (Fsp3) is 0.471. The molecule has 0 fully saturated rings. The van der Waals surface area contributed by atoms with Gasteiger partial charge in [-0.2, -0.15) is 0 Å². The molecule has 0 bridgehead atoms. The first-order valence-electron chi connectivity index (χ1n) is 7.18. The van der Waals surface area contributed by atoms with Crippen LogP contribution in [-0.2, 0) is 11.3 Å². The Balaban J connectivity index is 2.77. The molecule has 0 radical (unpaired) electrons. The van der Waals surface area contributed by atoms with E-state index in [2.05, 4.69) is 0 Å². The van der Waals surface area contributed by atoms with Gasteiger partial charge in [-0.1, -0.05) is 29.8 Å². The Labute approximate surface area is 122 Å². The van der Waals surface area contributed by atoms with Crippen LogP contribution in [0.2, 0.25) is 0 Å². The molecule has 1 aromatic carbocycles. The van der Waals surface area contributed by atoms with Gasteiger partial charge >= 0.3 is 0 Å². The number of hydrogen-bond donors (Lipinski definition) is 0. The average molecular weight is 275 g/mol. The Hall–Kier alpha value is -1.61. The van der Waals surface area contributed by atoms with Crippen molar-refractivity contribution in [1.29, 1.82) is 0 Å². The van der Waals surface area contributed by atoms with Crippen LogP contribution in [0.1, 0.15) is 43.6 Å². The number of carbonyl (C=O) groups excluding carboxylic acids is 1. The van der Waals surface area contributed by atoms with Crippen LogP contribution in [0.25, 0.3) is 0 Å². The first-order valence-corrected chi connectivity index (χ1v) is 7.18. The van der Waals surface area contributed by atoms with Crippen molar-refractivity contribution in [3.8, 4) is 0 Å². The molecule has 0 unspecified atom stereocenters. The summed E-state index contributed by atoms with van der Waals surface area (Å²) >= 11 is 0. The third kappa shape index (κ3) is 4.82. The molecule has 0 saturated heterocycles. The Morgan fingerprint density at radius 2 is 1.85 bits per heavy atom. The van der Waals surface area contributed by atoms with Crippen LogP contribution in [-0.4, -0.2) is 30.5 Å². The van der Waals surface area contributed by atoms with Gasteiger partial charge in [0.25, 0.3) is 5.91 Å². The molecule has 0 aliphatic rings. The molecule has 20 heavy (non-hydrogen) atoms. The van der Waals surface area contributed by atoms with Gasteiger partial charge < -0.3 is 9.64 Å². The van der Waals surface area contributed by atoms with Crippen molar-refractivity contribution in [2.45, 2.75) is 34.3 Å². The van der Waals surface area contributed by atoms with Crippen LogP contribution >= 0.6 is 0 Å². The summed E-state index contributed by atoms with van der Waals surface area (Å²) in [4.78, 5) is 14.3. The zero-order chi connectivity index (χ0) is 15.0. The number of allylic oxidation sites excluding steroid dienone is 1. The highest BCUT2D eigenvalue weighted by Crippen LogP contribution is 2.13. The lowest BCUT2D eigenvalue weighted by Gasteiger charge is -2.20. The van der Waals surface area contributed by atoms with Crippen LogP contribution in [0.5, 0.6) is 0 Å². The van der Waals surface area contributed by atoms with Gasteiger partial charge in [0.15, 0.2) is 0 Å². The summed E-state index contributed by atoms with van der Waals surface area (Å²) in [6.07, 6.45) is 2.04. The Kier molecular flexibility index (Phi) is 7.02. The number of benzene rings is 1. The molecule has 0 aromatic heterocycles. The topological polar surface area (TPSA) is 29.5 Å². The summed E-state index contributed by atoms with van der Waals surface area (Å²) in [5.41, 5.74) is 2.93. The van der Waals surface area contributed by atoms with E-state index < -0.39 is 0 Å². The zero-order valence-electron chi connectivity index (χ0n) is 13.0. The summed E-state index contributed by atoms with van der Waals surface area (Å²) < 4.78 is 5.62. The minimum absolute atomic E-state index is 0.0800. The van der Waals surface area contributed by atoms with E-state index in [1.807, 2.05) is 62.9 Å². The lowest BCUT2D eigenvalue weighted by molar-refractivity contribution is 0.0766. The van der Waals surface area contributed by atoms with Crippen LogP contribution in [0.15, 0.2) is 35.9 Å². The predicted molar refractivity (Wildman–Crippen MR) is 82.8 cm³/mol. The molecule has 0 aliphatic carbocycles. The second kappa shape index (κ2) is 8.54. The predicted octanol–water partition coefficient (Wildman–Crippen LogP) is 3.65. The summed E-state index contributed by atoms with van der Waals surface area (Å²) in [6, 6.07) is 7.68. The summed E-state index contributed by atoms with van der Waals surface area (Å²) in [5, 5.41) is 0. The third-order valence-corrected chi connectivity index (χ3v) is 3.17. The van der Waals surface area contributed by atoms with Gasteiger partial charge in [0.1, 0.15) is 0 Å². The molecule has 1 aromatic rings. The molecule has 0 N–H and O–H groups in total. The SMILES string of the molecule is CCN(CC)C(=O)c1ccccc1COCC=C(C)C. The summed E-state index contributed by atoms with van der Waals surface area (Å²) in [7, 11) is 0. The third-order valence-electron chi connectivity index (χ3n) is 3.17. The van der Waals surface area contributed by atoms with Gasteiger partial charge in [-0.05, 0) is 39.3 Å². The van der Waals surface area contributed by atoms with E-state index in [1.165, 1.54) is 5.57 Å². The maximum Gasteiger partial charge on any atom is 0.254 e. The van der Waals surface area contributed by atoms with Crippen LogP contribution < -0.4 is 0 Å². The zero-order valence-corrected chi connectivity index (χ0v) is 13.0. The van der Waals surface area contributed by atoms with E-state index in [0.29, 0.717) is 13.2 Å². The second-order valence-corrected chi connectivity index (χ2v) is 4.93. The molecule has 0 atom stereocenters. The fourth-order valence-electron chi connectivity index (χ4n) is 1.93. The molecular formula is C17H25NO2. The quantitative estimate of drug-likeness (QED) is 0.561. The highest BCUT2D eigenvalue weighted by atomic mass is 16.5. The van der Waals surface area contributed by atoms with Gasteiger partial charge in [0, 0.05) is 18.7 Å². The number of amides is 1. The molecule has 0 heterocycles. The lowest BCUT2D eigenvalue weighted by Crippen LogP contribution is -2.31. The number of carbonyl (C=O) groups is 1. The molecule has 0 spiro atoms. The van der Waals surface area contributed by atoms with E-state index in [9.17, 15) is 4.79 Å². The number of hydrogen-bond acceptors (Lipinski definition) is 2. The Morgan fingerprint density at radius 1 is 1.20 bits per heavy atom. The minimum Gasteiger partial charge on any atom is -0.373 e. The Morgan fingerprint density at radius 3 is 2.45 bits per heavy atom. The van der Waals surface area contributed by atoms with Gasteiger partial charge in [0.2, 0.25) is 0 Å². The highest BCUT2D eigenvalue weighted by molar-refractivity contribution is 5.95.